The zero-order valence-electron chi connectivity index (χ0n) is 11.2. The second-order valence-electron chi connectivity index (χ2n) is 4.49. The van der Waals surface area contributed by atoms with Crippen molar-refractivity contribution in [3.8, 4) is 0 Å². The molecule has 1 unspecified atom stereocenters. The number of amides is 1. The highest BCUT2D eigenvalue weighted by molar-refractivity contribution is 5.95. The number of nitro groups is 1. The highest BCUT2D eigenvalue weighted by Gasteiger charge is 2.15. The highest BCUT2D eigenvalue weighted by atomic mass is 16.6. The van der Waals surface area contributed by atoms with Crippen LogP contribution in [0, 0.1) is 17.0 Å². The van der Waals surface area contributed by atoms with E-state index < -0.39 is 11.0 Å². The van der Waals surface area contributed by atoms with E-state index >= 15 is 0 Å². The minimum atomic E-state index is -0.585. The minimum Gasteiger partial charge on any atom is -0.324 e. The van der Waals surface area contributed by atoms with Crippen LogP contribution in [-0.2, 0) is 4.79 Å². The molecule has 1 rings (SSSR count). The molecular weight excluding hydrogens is 246 g/mol. The fourth-order valence-corrected chi connectivity index (χ4v) is 1.64. The predicted octanol–water partition coefficient (Wildman–Crippen LogP) is 2.36. The van der Waals surface area contributed by atoms with Crippen molar-refractivity contribution in [2.75, 3.05) is 5.32 Å². The van der Waals surface area contributed by atoms with E-state index in [1.54, 1.807) is 13.0 Å². The highest BCUT2D eigenvalue weighted by Crippen LogP contribution is 2.22. The smallest absolute Gasteiger partial charge is 0.271 e. The molecule has 1 atom stereocenters. The van der Waals surface area contributed by atoms with Crippen molar-refractivity contribution in [3.05, 3.63) is 33.9 Å². The lowest BCUT2D eigenvalue weighted by molar-refractivity contribution is -0.384. The summed E-state index contributed by atoms with van der Waals surface area (Å²) in [5, 5.41) is 13.3. The standard InChI is InChI=1S/C13H19N3O3/c1-3-4-5-11(14)13(17)15-12-8-10(16(18)19)7-6-9(12)2/h6-8,11H,3-5,14H2,1-2H3,(H,15,17). The van der Waals surface area contributed by atoms with E-state index in [0.29, 0.717) is 12.1 Å². The fraction of sp³-hybridized carbons (Fsp3) is 0.462. The summed E-state index contributed by atoms with van der Waals surface area (Å²) in [6, 6.07) is 3.77. The summed E-state index contributed by atoms with van der Waals surface area (Å²) in [6.07, 6.45) is 2.45. The Bertz CT molecular complexity index is 474. The lowest BCUT2D eigenvalue weighted by Crippen LogP contribution is -2.35. The molecule has 6 heteroatoms. The van der Waals surface area contributed by atoms with E-state index in [2.05, 4.69) is 5.32 Å². The Kier molecular flexibility index (Phi) is 5.44. The molecule has 0 spiro atoms. The molecule has 0 aliphatic heterocycles. The summed E-state index contributed by atoms with van der Waals surface area (Å²) in [7, 11) is 0. The van der Waals surface area contributed by atoms with E-state index in [0.717, 1.165) is 18.4 Å². The molecule has 0 heterocycles. The molecule has 0 saturated heterocycles. The first kappa shape index (κ1) is 15.1. The second kappa shape index (κ2) is 6.84. The first-order valence-corrected chi connectivity index (χ1v) is 6.27. The van der Waals surface area contributed by atoms with Crippen LogP contribution in [0.2, 0.25) is 0 Å². The molecule has 19 heavy (non-hydrogen) atoms. The van der Waals surface area contributed by atoms with Gasteiger partial charge in [-0.25, -0.2) is 0 Å². The van der Waals surface area contributed by atoms with Gasteiger partial charge in [0.05, 0.1) is 16.7 Å². The zero-order chi connectivity index (χ0) is 14.4. The third-order valence-corrected chi connectivity index (χ3v) is 2.90. The lowest BCUT2D eigenvalue weighted by atomic mass is 10.1. The Morgan fingerprint density at radius 2 is 2.21 bits per heavy atom. The monoisotopic (exact) mass is 265 g/mol. The van der Waals surface area contributed by atoms with Crippen LogP contribution in [0.5, 0.6) is 0 Å². The molecule has 0 fully saturated rings. The number of anilines is 1. The van der Waals surface area contributed by atoms with Crippen molar-refractivity contribution < 1.29 is 9.72 Å². The van der Waals surface area contributed by atoms with Gasteiger partial charge in [-0.15, -0.1) is 0 Å². The van der Waals surface area contributed by atoms with E-state index in [4.69, 9.17) is 5.73 Å². The first-order valence-electron chi connectivity index (χ1n) is 6.27. The van der Waals surface area contributed by atoms with E-state index in [-0.39, 0.29) is 11.6 Å². The molecular formula is C13H19N3O3. The van der Waals surface area contributed by atoms with Gasteiger partial charge in [0.15, 0.2) is 0 Å². The molecule has 0 bridgehead atoms. The molecule has 0 saturated carbocycles. The number of hydrogen-bond donors (Lipinski definition) is 2. The van der Waals surface area contributed by atoms with E-state index in [1.807, 2.05) is 6.92 Å². The van der Waals surface area contributed by atoms with Gasteiger partial charge in [-0.2, -0.15) is 0 Å². The van der Waals surface area contributed by atoms with Gasteiger partial charge in [0.2, 0.25) is 5.91 Å². The lowest BCUT2D eigenvalue weighted by Gasteiger charge is -2.13. The number of unbranched alkanes of at least 4 members (excludes halogenated alkanes) is 1. The number of benzene rings is 1. The summed E-state index contributed by atoms with van der Waals surface area (Å²) < 4.78 is 0. The molecule has 1 aromatic rings. The minimum absolute atomic E-state index is 0.0528. The Morgan fingerprint density at radius 3 is 2.79 bits per heavy atom. The number of nitro benzene ring substituents is 1. The van der Waals surface area contributed by atoms with Crippen LogP contribution in [0.25, 0.3) is 0 Å². The average Bonchev–Trinajstić information content (AvgIpc) is 2.38. The molecule has 1 aromatic carbocycles. The number of aryl methyl sites for hydroxylation is 1. The quantitative estimate of drug-likeness (QED) is 0.609. The van der Waals surface area contributed by atoms with Crippen molar-refractivity contribution in [3.63, 3.8) is 0 Å². The van der Waals surface area contributed by atoms with Crippen molar-refractivity contribution >= 4 is 17.3 Å². The number of rotatable bonds is 6. The predicted molar refractivity (Wildman–Crippen MR) is 74.0 cm³/mol. The van der Waals surface area contributed by atoms with E-state index in [9.17, 15) is 14.9 Å². The summed E-state index contributed by atoms with van der Waals surface area (Å²) >= 11 is 0. The van der Waals surface area contributed by atoms with Crippen LogP contribution in [-0.4, -0.2) is 16.9 Å². The molecule has 104 valence electrons. The van der Waals surface area contributed by atoms with Crippen LogP contribution < -0.4 is 11.1 Å². The van der Waals surface area contributed by atoms with Gasteiger partial charge < -0.3 is 11.1 Å². The van der Waals surface area contributed by atoms with Gasteiger partial charge in [0.25, 0.3) is 5.69 Å². The van der Waals surface area contributed by atoms with Crippen molar-refractivity contribution in [2.24, 2.45) is 5.73 Å². The van der Waals surface area contributed by atoms with Gasteiger partial charge in [-0.05, 0) is 18.9 Å². The van der Waals surface area contributed by atoms with Gasteiger partial charge in [0, 0.05) is 12.1 Å². The first-order chi connectivity index (χ1) is 8.95. The third kappa shape index (κ3) is 4.33. The molecule has 0 aliphatic rings. The maximum absolute atomic E-state index is 11.8. The number of nitrogens with zero attached hydrogens (tertiary/aromatic N) is 1. The Balaban J connectivity index is 2.78. The number of nitrogens with one attached hydrogen (secondary N) is 1. The molecule has 0 aromatic heterocycles. The average molecular weight is 265 g/mol. The van der Waals surface area contributed by atoms with Crippen LogP contribution in [0.4, 0.5) is 11.4 Å². The number of carbonyl (C=O) groups excluding carboxylic acids is 1. The number of carbonyl (C=O) groups is 1. The normalized spacial score (nSPS) is 11.9. The van der Waals surface area contributed by atoms with Gasteiger partial charge in [0.1, 0.15) is 0 Å². The Labute approximate surface area is 112 Å². The number of hydrogen-bond acceptors (Lipinski definition) is 4. The maximum Gasteiger partial charge on any atom is 0.271 e. The zero-order valence-corrected chi connectivity index (χ0v) is 11.2. The Morgan fingerprint density at radius 1 is 1.53 bits per heavy atom. The maximum atomic E-state index is 11.8. The number of non-ortho nitro benzene ring substituents is 1. The van der Waals surface area contributed by atoms with Crippen LogP contribution in [0.15, 0.2) is 18.2 Å². The van der Waals surface area contributed by atoms with Crippen LogP contribution in [0.3, 0.4) is 0 Å². The van der Waals surface area contributed by atoms with Gasteiger partial charge in [-0.3, -0.25) is 14.9 Å². The molecule has 0 radical (unpaired) electrons. The van der Waals surface area contributed by atoms with Crippen LogP contribution in [0.1, 0.15) is 31.7 Å². The fourth-order valence-electron chi connectivity index (χ4n) is 1.64. The van der Waals surface area contributed by atoms with Crippen LogP contribution >= 0.6 is 0 Å². The topological polar surface area (TPSA) is 98.3 Å². The van der Waals surface area contributed by atoms with Gasteiger partial charge in [-0.1, -0.05) is 25.8 Å². The molecule has 3 N–H and O–H groups in total. The van der Waals surface area contributed by atoms with Gasteiger partial charge >= 0.3 is 0 Å². The second-order valence-corrected chi connectivity index (χ2v) is 4.49. The summed E-state index contributed by atoms with van der Waals surface area (Å²) in [5.41, 5.74) is 6.90. The Hall–Kier alpha value is -1.95. The molecule has 1 amide bonds. The van der Waals surface area contributed by atoms with Crippen molar-refractivity contribution in [1.82, 2.24) is 0 Å². The molecule has 6 nitrogen and oxygen atoms in total. The van der Waals surface area contributed by atoms with Crippen molar-refractivity contribution in [1.29, 1.82) is 0 Å². The summed E-state index contributed by atoms with van der Waals surface area (Å²) in [5.74, 6) is -0.308. The SMILES string of the molecule is CCCCC(N)C(=O)Nc1cc([N+](=O)[O-])ccc1C. The summed E-state index contributed by atoms with van der Waals surface area (Å²) in [4.78, 5) is 22.0. The largest absolute Gasteiger partial charge is 0.324 e. The molecule has 0 aliphatic carbocycles. The number of nitrogens with two attached hydrogens (primary N) is 1. The van der Waals surface area contributed by atoms with E-state index in [1.165, 1.54) is 12.1 Å². The van der Waals surface area contributed by atoms with Crippen molar-refractivity contribution in [2.45, 2.75) is 39.2 Å². The third-order valence-electron chi connectivity index (χ3n) is 2.90. The summed E-state index contributed by atoms with van der Waals surface area (Å²) in [6.45, 7) is 3.80.